The Balaban J connectivity index is 0.00000178. The average Bonchev–Trinajstić information content (AvgIpc) is 3.39. The molecule has 0 amide bonds. The molecule has 0 spiro atoms. The molecule has 1 fully saturated rings. The summed E-state index contributed by atoms with van der Waals surface area (Å²) in [5, 5.41) is 18.0. The maximum absolute atomic E-state index is 9.47. The molecular weight excluding hydrogens is 452 g/mol. The van der Waals surface area contributed by atoms with Crippen molar-refractivity contribution in [1.82, 2.24) is 25.1 Å². The van der Waals surface area contributed by atoms with E-state index in [1.165, 1.54) is 0 Å². The highest BCUT2D eigenvalue weighted by atomic mass is 16.4. The van der Waals surface area contributed by atoms with Crippen LogP contribution in [0, 0.1) is 18.3 Å². The van der Waals surface area contributed by atoms with E-state index in [9.17, 15) is 5.26 Å². The summed E-state index contributed by atoms with van der Waals surface area (Å²) in [6, 6.07) is 14.3. The van der Waals surface area contributed by atoms with Crippen molar-refractivity contribution in [3.05, 3.63) is 60.2 Å². The number of hydrogen-bond acceptors (Lipinski definition) is 9. The van der Waals surface area contributed by atoms with Gasteiger partial charge in [-0.15, -0.1) is 10.2 Å². The molecule has 5 rings (SSSR count). The van der Waals surface area contributed by atoms with Gasteiger partial charge in [0.1, 0.15) is 5.69 Å². The van der Waals surface area contributed by atoms with E-state index in [1.807, 2.05) is 45.0 Å². The van der Waals surface area contributed by atoms with Crippen LogP contribution in [0.15, 0.2) is 53.2 Å². The van der Waals surface area contributed by atoms with E-state index < -0.39 is 5.41 Å². The van der Waals surface area contributed by atoms with Gasteiger partial charge in [0.05, 0.1) is 34.8 Å². The van der Waals surface area contributed by atoms with Crippen LogP contribution in [0.3, 0.4) is 0 Å². The van der Waals surface area contributed by atoms with Crippen LogP contribution in [0.5, 0.6) is 0 Å². The number of nitriles is 1. The van der Waals surface area contributed by atoms with E-state index >= 15 is 0 Å². The molecule has 36 heavy (non-hydrogen) atoms. The first kappa shape index (κ1) is 23.6. The molecule has 3 aromatic heterocycles. The van der Waals surface area contributed by atoms with Crippen LogP contribution >= 0.6 is 0 Å². The lowest BCUT2D eigenvalue weighted by Gasteiger charge is -2.32. The van der Waals surface area contributed by atoms with Gasteiger partial charge in [-0.2, -0.15) is 5.26 Å². The minimum absolute atomic E-state index is 0. The first-order valence-corrected chi connectivity index (χ1v) is 12.0. The first-order valence-electron chi connectivity index (χ1n) is 12.0. The van der Waals surface area contributed by atoms with Gasteiger partial charge in [-0.05, 0) is 70.0 Å². The number of rotatable bonds is 5. The molecule has 1 saturated heterocycles. The standard InChI is InChI=1S/C27H28N8O.3H2/c1-17-24(32-22(14-31-17)19-10-11-30-23(13-19)27(2,3)16-28)26-34-33-25(36-26)18-6-8-21(9-7-18)35-12-4-5-20(29)15-35;;;/h6-11,13-14,20H,4-5,12,15,29H2,1-3H3;3*1H. The minimum Gasteiger partial charge on any atom is -0.415 e. The molecule has 0 saturated carbocycles. The lowest BCUT2D eigenvalue weighted by atomic mass is 9.90. The van der Waals surface area contributed by atoms with Gasteiger partial charge in [0.2, 0.25) is 5.89 Å². The lowest BCUT2D eigenvalue weighted by Crippen LogP contribution is -2.42. The van der Waals surface area contributed by atoms with Gasteiger partial charge < -0.3 is 15.1 Å². The Hall–Kier alpha value is -4.16. The predicted molar refractivity (Wildman–Crippen MR) is 143 cm³/mol. The number of benzene rings is 1. The third-order valence-electron chi connectivity index (χ3n) is 6.50. The highest BCUT2D eigenvalue weighted by Gasteiger charge is 2.23. The van der Waals surface area contributed by atoms with Crippen molar-refractivity contribution >= 4 is 5.69 Å². The molecule has 0 radical (unpaired) electrons. The summed E-state index contributed by atoms with van der Waals surface area (Å²) in [5.41, 5.74) is 10.7. The molecule has 1 aliphatic heterocycles. The van der Waals surface area contributed by atoms with Crippen LogP contribution in [0.2, 0.25) is 0 Å². The van der Waals surface area contributed by atoms with Crippen molar-refractivity contribution in [2.45, 2.75) is 45.1 Å². The molecule has 1 aromatic carbocycles. The number of piperidine rings is 1. The summed E-state index contributed by atoms with van der Waals surface area (Å²) < 4.78 is 6.01. The quantitative estimate of drug-likeness (QED) is 0.412. The number of hydrogen-bond donors (Lipinski definition) is 1. The van der Waals surface area contributed by atoms with E-state index in [1.54, 1.807) is 12.4 Å². The minimum atomic E-state index is -0.714. The van der Waals surface area contributed by atoms with Crippen LogP contribution in [0.4, 0.5) is 5.69 Å². The van der Waals surface area contributed by atoms with Crippen molar-refractivity contribution in [3.63, 3.8) is 0 Å². The molecule has 4 aromatic rings. The summed E-state index contributed by atoms with van der Waals surface area (Å²) in [6.45, 7) is 7.40. The molecule has 1 unspecified atom stereocenters. The van der Waals surface area contributed by atoms with Crippen molar-refractivity contribution in [2.24, 2.45) is 5.73 Å². The van der Waals surface area contributed by atoms with Crippen LogP contribution in [-0.4, -0.2) is 44.3 Å². The van der Waals surface area contributed by atoms with Gasteiger partial charge in [-0.3, -0.25) is 9.97 Å². The monoisotopic (exact) mass is 486 g/mol. The van der Waals surface area contributed by atoms with E-state index in [0.29, 0.717) is 34.6 Å². The number of nitrogens with two attached hydrogens (primary N) is 1. The van der Waals surface area contributed by atoms with Crippen LogP contribution < -0.4 is 10.6 Å². The molecule has 188 valence electrons. The van der Waals surface area contributed by atoms with Crippen molar-refractivity contribution in [1.29, 1.82) is 5.26 Å². The Morgan fingerprint density at radius 2 is 1.89 bits per heavy atom. The zero-order valence-corrected chi connectivity index (χ0v) is 20.6. The van der Waals surface area contributed by atoms with Crippen molar-refractivity contribution < 1.29 is 8.70 Å². The Labute approximate surface area is 214 Å². The van der Waals surface area contributed by atoms with Crippen LogP contribution in [-0.2, 0) is 5.41 Å². The summed E-state index contributed by atoms with van der Waals surface area (Å²) >= 11 is 0. The number of anilines is 1. The van der Waals surface area contributed by atoms with Crippen molar-refractivity contribution in [3.8, 4) is 40.4 Å². The summed E-state index contributed by atoms with van der Waals surface area (Å²) in [6.07, 6.45) is 5.55. The highest BCUT2D eigenvalue weighted by Crippen LogP contribution is 2.29. The van der Waals surface area contributed by atoms with Crippen molar-refractivity contribution in [2.75, 3.05) is 18.0 Å². The molecule has 2 N–H and O–H groups in total. The van der Waals surface area contributed by atoms with Gasteiger partial charge >= 0.3 is 0 Å². The SMILES string of the molecule is Cc1ncc(-c2ccnc(C(C)(C)C#N)c2)nc1-c1nnc(-c2ccc(N3CCCC(N)C3)cc2)o1.[HH].[HH].[HH]. The van der Waals surface area contributed by atoms with Gasteiger partial charge in [-0.25, -0.2) is 4.98 Å². The molecule has 0 aliphatic carbocycles. The smallest absolute Gasteiger partial charge is 0.268 e. The first-order chi connectivity index (χ1) is 17.3. The topological polar surface area (TPSA) is 131 Å². The second kappa shape index (κ2) is 9.47. The second-order valence-corrected chi connectivity index (χ2v) is 9.66. The summed E-state index contributed by atoms with van der Waals surface area (Å²) in [4.78, 5) is 15.9. The van der Waals surface area contributed by atoms with Gasteiger partial charge in [0, 0.05) is 46.4 Å². The maximum Gasteiger partial charge on any atom is 0.268 e. The van der Waals surface area contributed by atoms with Crippen LogP contribution in [0.1, 0.15) is 42.4 Å². The molecule has 1 aliphatic rings. The maximum atomic E-state index is 9.47. The number of nitrogens with zero attached hydrogens (tertiary/aromatic N) is 7. The third-order valence-corrected chi connectivity index (χ3v) is 6.50. The molecular formula is C27H34N8O. The molecule has 0 bridgehead atoms. The Bertz CT molecular complexity index is 1440. The van der Waals surface area contributed by atoms with Gasteiger partial charge in [0.25, 0.3) is 5.89 Å². The molecule has 9 heteroatoms. The number of pyridine rings is 1. The number of aryl methyl sites for hydroxylation is 1. The molecule has 9 nitrogen and oxygen atoms in total. The van der Waals surface area contributed by atoms with Crippen LogP contribution in [0.25, 0.3) is 34.3 Å². The zero-order chi connectivity index (χ0) is 25.3. The molecule has 4 heterocycles. The van der Waals surface area contributed by atoms with E-state index in [2.05, 4.69) is 43.3 Å². The normalized spacial score (nSPS) is 16.1. The molecule has 1 atom stereocenters. The number of aromatic nitrogens is 5. The lowest BCUT2D eigenvalue weighted by molar-refractivity contribution is 0.506. The predicted octanol–water partition coefficient (Wildman–Crippen LogP) is 5.03. The Morgan fingerprint density at radius 3 is 2.64 bits per heavy atom. The average molecular weight is 487 g/mol. The fourth-order valence-electron chi connectivity index (χ4n) is 4.27. The fraction of sp³-hybridized carbons (Fsp3) is 0.333. The summed E-state index contributed by atoms with van der Waals surface area (Å²) in [7, 11) is 0. The second-order valence-electron chi connectivity index (χ2n) is 9.66. The van der Waals surface area contributed by atoms with E-state index in [-0.39, 0.29) is 10.3 Å². The largest absolute Gasteiger partial charge is 0.415 e. The fourth-order valence-corrected chi connectivity index (χ4v) is 4.27. The van der Waals surface area contributed by atoms with Gasteiger partial charge in [0.15, 0.2) is 0 Å². The highest BCUT2D eigenvalue weighted by molar-refractivity contribution is 5.64. The Kier molecular flexibility index (Phi) is 6.20. The van der Waals surface area contributed by atoms with Gasteiger partial charge in [-0.1, -0.05) is 0 Å². The third kappa shape index (κ3) is 4.68. The van der Waals surface area contributed by atoms with E-state index in [0.717, 1.165) is 42.7 Å². The van der Waals surface area contributed by atoms with E-state index in [4.69, 9.17) is 15.1 Å². The Morgan fingerprint density at radius 1 is 1.11 bits per heavy atom. The summed E-state index contributed by atoms with van der Waals surface area (Å²) in [5.74, 6) is 0.718. The zero-order valence-electron chi connectivity index (χ0n) is 20.6.